The lowest BCUT2D eigenvalue weighted by atomic mass is 10.0. The van der Waals surface area contributed by atoms with Gasteiger partial charge in [-0.1, -0.05) is 23.7 Å². The Hall–Kier alpha value is -2.70. The second-order valence-corrected chi connectivity index (χ2v) is 8.29. The lowest BCUT2D eigenvalue weighted by molar-refractivity contribution is -0.116. The van der Waals surface area contributed by atoms with Crippen molar-refractivity contribution in [1.29, 1.82) is 0 Å². The predicted molar refractivity (Wildman–Crippen MR) is 112 cm³/mol. The molecule has 2 amide bonds. The van der Waals surface area contributed by atoms with Crippen LogP contribution in [0.15, 0.2) is 42.6 Å². The normalized spacial score (nSPS) is 13.0. The molecule has 1 aromatic heterocycles. The number of halogens is 1. The number of benzene rings is 2. The molecule has 0 unspecified atom stereocenters. The van der Waals surface area contributed by atoms with E-state index in [-0.39, 0.29) is 11.8 Å². The number of fused-ring (bicyclic) bond motifs is 1. The lowest BCUT2D eigenvalue weighted by Gasteiger charge is -2.17. The molecular formula is C21H18ClN3O2S. The molecule has 1 aliphatic rings. The number of carbonyl (C=O) groups excluding carboxylic acids is 2. The van der Waals surface area contributed by atoms with Gasteiger partial charge in [0, 0.05) is 40.2 Å². The van der Waals surface area contributed by atoms with Crippen molar-refractivity contribution in [3.05, 3.63) is 74.7 Å². The maximum atomic E-state index is 12.6. The van der Waals surface area contributed by atoms with Gasteiger partial charge in [-0.05, 0) is 54.3 Å². The summed E-state index contributed by atoms with van der Waals surface area (Å²) < 4.78 is 0. The highest BCUT2D eigenvalue weighted by atomic mass is 35.5. The molecule has 0 bridgehead atoms. The molecule has 0 saturated carbocycles. The van der Waals surface area contributed by atoms with Crippen molar-refractivity contribution in [2.24, 2.45) is 0 Å². The van der Waals surface area contributed by atoms with Crippen molar-refractivity contribution in [2.75, 3.05) is 10.6 Å². The van der Waals surface area contributed by atoms with Crippen LogP contribution in [0.2, 0.25) is 5.02 Å². The van der Waals surface area contributed by atoms with Gasteiger partial charge in [-0.15, -0.1) is 11.3 Å². The molecular weight excluding hydrogens is 394 g/mol. The zero-order chi connectivity index (χ0) is 19.7. The number of aromatic nitrogens is 1. The number of nitrogens with zero attached hydrogens (tertiary/aromatic N) is 1. The molecule has 0 fully saturated rings. The second kappa shape index (κ2) is 7.73. The van der Waals surface area contributed by atoms with Crippen LogP contribution in [0, 0.1) is 6.92 Å². The molecule has 28 heavy (non-hydrogen) atoms. The van der Waals surface area contributed by atoms with E-state index in [4.69, 9.17) is 11.6 Å². The van der Waals surface area contributed by atoms with E-state index in [0.717, 1.165) is 32.3 Å². The SMILES string of the molecule is Cc1ccc(Cc2cnc(NC(=O)c3ccc4c(c3)CCC(=O)N4)s2)cc1Cl. The van der Waals surface area contributed by atoms with E-state index in [2.05, 4.69) is 15.6 Å². The molecule has 142 valence electrons. The van der Waals surface area contributed by atoms with Crippen molar-refractivity contribution in [2.45, 2.75) is 26.2 Å². The van der Waals surface area contributed by atoms with Gasteiger partial charge in [0.15, 0.2) is 5.13 Å². The summed E-state index contributed by atoms with van der Waals surface area (Å²) in [5.41, 5.74) is 4.46. The number of rotatable bonds is 4. The third-order valence-corrected chi connectivity index (χ3v) is 5.97. The minimum absolute atomic E-state index is 0.00915. The molecule has 4 rings (SSSR count). The lowest BCUT2D eigenvalue weighted by Crippen LogP contribution is -2.20. The highest BCUT2D eigenvalue weighted by Gasteiger charge is 2.17. The Morgan fingerprint density at radius 3 is 2.93 bits per heavy atom. The topological polar surface area (TPSA) is 71.1 Å². The molecule has 0 spiro atoms. The van der Waals surface area contributed by atoms with Crippen LogP contribution < -0.4 is 10.6 Å². The third-order valence-electron chi connectivity index (χ3n) is 4.65. The number of aryl methyl sites for hydroxylation is 2. The van der Waals surface area contributed by atoms with Crippen LogP contribution in [0.4, 0.5) is 10.8 Å². The van der Waals surface area contributed by atoms with Crippen LogP contribution in [0.3, 0.4) is 0 Å². The van der Waals surface area contributed by atoms with Gasteiger partial charge in [0.05, 0.1) is 0 Å². The monoisotopic (exact) mass is 411 g/mol. The summed E-state index contributed by atoms with van der Waals surface area (Å²) in [5, 5.41) is 6.98. The zero-order valence-corrected chi connectivity index (χ0v) is 16.8. The Kier molecular flexibility index (Phi) is 5.15. The average Bonchev–Trinajstić information content (AvgIpc) is 3.11. The van der Waals surface area contributed by atoms with E-state index < -0.39 is 0 Å². The molecule has 1 aliphatic heterocycles. The molecule has 2 N–H and O–H groups in total. The number of carbonyl (C=O) groups is 2. The van der Waals surface area contributed by atoms with Gasteiger partial charge in [-0.3, -0.25) is 14.9 Å². The number of nitrogens with one attached hydrogen (secondary N) is 2. The first-order chi connectivity index (χ1) is 13.5. The number of hydrogen-bond acceptors (Lipinski definition) is 4. The molecule has 2 aromatic carbocycles. The molecule has 5 nitrogen and oxygen atoms in total. The standard InChI is InChI=1S/C21H18ClN3O2S/c1-12-2-3-13(9-17(12)22)8-16-11-23-21(28-16)25-20(27)15-4-6-18-14(10-15)5-7-19(26)24-18/h2-4,6,9-11H,5,7-8H2,1H3,(H,24,26)(H,23,25,27). The zero-order valence-electron chi connectivity index (χ0n) is 15.2. The van der Waals surface area contributed by atoms with Gasteiger partial charge in [-0.2, -0.15) is 0 Å². The molecule has 0 aliphatic carbocycles. The number of thiazole rings is 1. The first kappa shape index (κ1) is 18.7. The Labute approximate surface area is 171 Å². The Bertz CT molecular complexity index is 1080. The average molecular weight is 412 g/mol. The minimum atomic E-state index is -0.209. The van der Waals surface area contributed by atoms with Crippen LogP contribution >= 0.6 is 22.9 Å². The van der Waals surface area contributed by atoms with E-state index in [1.807, 2.05) is 31.2 Å². The van der Waals surface area contributed by atoms with Crippen LogP contribution in [0.25, 0.3) is 0 Å². The quantitative estimate of drug-likeness (QED) is 0.645. The van der Waals surface area contributed by atoms with Gasteiger partial charge in [0.2, 0.25) is 5.91 Å². The van der Waals surface area contributed by atoms with Gasteiger partial charge < -0.3 is 5.32 Å². The summed E-state index contributed by atoms with van der Waals surface area (Å²) in [4.78, 5) is 29.4. The first-order valence-corrected chi connectivity index (χ1v) is 10.1. The fraction of sp³-hybridized carbons (Fsp3) is 0.190. The van der Waals surface area contributed by atoms with Crippen LogP contribution in [0.5, 0.6) is 0 Å². The van der Waals surface area contributed by atoms with Gasteiger partial charge in [0.25, 0.3) is 5.91 Å². The molecule has 2 heterocycles. The van der Waals surface area contributed by atoms with E-state index in [9.17, 15) is 9.59 Å². The van der Waals surface area contributed by atoms with E-state index in [1.54, 1.807) is 18.3 Å². The summed E-state index contributed by atoms with van der Waals surface area (Å²) in [6, 6.07) is 11.3. The summed E-state index contributed by atoms with van der Waals surface area (Å²) in [6.07, 6.45) is 3.57. The Morgan fingerprint density at radius 1 is 1.25 bits per heavy atom. The van der Waals surface area contributed by atoms with Crippen molar-refractivity contribution < 1.29 is 9.59 Å². The molecule has 0 saturated heterocycles. The number of hydrogen-bond donors (Lipinski definition) is 2. The van der Waals surface area contributed by atoms with Crippen molar-refractivity contribution in [3.8, 4) is 0 Å². The van der Waals surface area contributed by atoms with E-state index in [1.165, 1.54) is 11.3 Å². The van der Waals surface area contributed by atoms with Gasteiger partial charge >= 0.3 is 0 Å². The van der Waals surface area contributed by atoms with Gasteiger partial charge in [-0.25, -0.2) is 4.98 Å². The van der Waals surface area contributed by atoms with Crippen LogP contribution in [-0.4, -0.2) is 16.8 Å². The maximum Gasteiger partial charge on any atom is 0.257 e. The molecule has 0 atom stereocenters. The Morgan fingerprint density at radius 2 is 2.11 bits per heavy atom. The molecule has 7 heteroatoms. The predicted octanol–water partition coefficient (Wildman–Crippen LogP) is 4.83. The summed E-state index contributed by atoms with van der Waals surface area (Å²) in [5.74, 6) is -0.200. The highest BCUT2D eigenvalue weighted by Crippen LogP contribution is 2.26. The largest absolute Gasteiger partial charge is 0.326 e. The summed E-state index contributed by atoms with van der Waals surface area (Å²) >= 11 is 7.63. The smallest absolute Gasteiger partial charge is 0.257 e. The maximum absolute atomic E-state index is 12.6. The second-order valence-electron chi connectivity index (χ2n) is 6.77. The van der Waals surface area contributed by atoms with E-state index in [0.29, 0.717) is 30.0 Å². The highest BCUT2D eigenvalue weighted by molar-refractivity contribution is 7.15. The number of amides is 2. The Balaban J connectivity index is 1.44. The van der Waals surface area contributed by atoms with Crippen molar-refractivity contribution in [1.82, 2.24) is 4.98 Å². The third kappa shape index (κ3) is 4.08. The van der Waals surface area contributed by atoms with E-state index >= 15 is 0 Å². The molecule has 3 aromatic rings. The summed E-state index contributed by atoms with van der Waals surface area (Å²) in [6.45, 7) is 1.97. The van der Waals surface area contributed by atoms with Crippen molar-refractivity contribution >= 4 is 45.6 Å². The first-order valence-electron chi connectivity index (χ1n) is 8.92. The van der Waals surface area contributed by atoms with Crippen molar-refractivity contribution in [3.63, 3.8) is 0 Å². The summed E-state index contributed by atoms with van der Waals surface area (Å²) in [7, 11) is 0. The van der Waals surface area contributed by atoms with Crippen LogP contribution in [-0.2, 0) is 17.6 Å². The van der Waals surface area contributed by atoms with Gasteiger partial charge in [0.1, 0.15) is 0 Å². The fourth-order valence-electron chi connectivity index (χ4n) is 3.09. The van der Waals surface area contributed by atoms with Crippen LogP contribution in [0.1, 0.15) is 38.3 Å². The minimum Gasteiger partial charge on any atom is -0.326 e. The number of anilines is 2. The fourth-order valence-corrected chi connectivity index (χ4v) is 4.13. The molecule has 0 radical (unpaired) electrons.